The molecule has 1 aromatic heterocycles. The van der Waals surface area contributed by atoms with E-state index in [1.165, 1.54) is 50.8 Å². The van der Waals surface area contributed by atoms with Crippen LogP contribution in [0.25, 0.3) is 0 Å². The maximum absolute atomic E-state index is 4.52. The Morgan fingerprint density at radius 2 is 1.82 bits per heavy atom. The van der Waals surface area contributed by atoms with Gasteiger partial charge in [0.2, 0.25) is 5.95 Å². The Morgan fingerprint density at radius 3 is 2.55 bits per heavy atom. The van der Waals surface area contributed by atoms with Gasteiger partial charge in [-0.05, 0) is 51.1 Å². The number of nitrogens with zero attached hydrogens (tertiary/aromatic N) is 4. The molecule has 1 aliphatic carbocycles. The van der Waals surface area contributed by atoms with E-state index in [2.05, 4.69) is 25.1 Å². The number of nitrogens with one attached hydrogen (secondary N) is 1. The smallest absolute Gasteiger partial charge is 0.225 e. The highest BCUT2D eigenvalue weighted by Gasteiger charge is 2.33. The second kappa shape index (κ2) is 6.50. The number of hydrogen-bond donors (Lipinski definition) is 1. The van der Waals surface area contributed by atoms with Gasteiger partial charge in [-0.3, -0.25) is 0 Å². The predicted octanol–water partition coefficient (Wildman–Crippen LogP) is 1.65. The molecular formula is C17H27N5. The van der Waals surface area contributed by atoms with Gasteiger partial charge in [0.05, 0.1) is 0 Å². The van der Waals surface area contributed by atoms with Crippen molar-refractivity contribution in [2.24, 2.45) is 5.92 Å². The van der Waals surface area contributed by atoms with Gasteiger partial charge in [-0.1, -0.05) is 0 Å². The van der Waals surface area contributed by atoms with Crippen LogP contribution in [0.4, 0.5) is 5.95 Å². The largest absolute Gasteiger partial charge is 0.341 e. The zero-order chi connectivity index (χ0) is 14.8. The van der Waals surface area contributed by atoms with Crippen LogP contribution in [0.2, 0.25) is 0 Å². The molecule has 22 heavy (non-hydrogen) atoms. The SMILES string of the molecule is c1nc(N2CCCC2)ncc1CNCC1CCN(C2CC2)C1. The first-order valence-electron chi connectivity index (χ1n) is 8.89. The highest BCUT2D eigenvalue weighted by Crippen LogP contribution is 2.31. The van der Waals surface area contributed by atoms with E-state index in [0.29, 0.717) is 0 Å². The van der Waals surface area contributed by atoms with Gasteiger partial charge >= 0.3 is 0 Å². The molecule has 1 unspecified atom stereocenters. The van der Waals surface area contributed by atoms with Crippen molar-refractivity contribution in [3.05, 3.63) is 18.0 Å². The van der Waals surface area contributed by atoms with E-state index in [4.69, 9.17) is 0 Å². The molecule has 3 fully saturated rings. The summed E-state index contributed by atoms with van der Waals surface area (Å²) in [6, 6.07) is 0.927. The van der Waals surface area contributed by atoms with Crippen LogP contribution in [-0.2, 0) is 6.54 Å². The van der Waals surface area contributed by atoms with E-state index in [-0.39, 0.29) is 0 Å². The summed E-state index contributed by atoms with van der Waals surface area (Å²) in [6.45, 7) is 6.83. The van der Waals surface area contributed by atoms with Crippen LogP contribution in [0, 0.1) is 5.92 Å². The van der Waals surface area contributed by atoms with Gasteiger partial charge in [0.25, 0.3) is 0 Å². The first kappa shape index (κ1) is 14.4. The first-order valence-corrected chi connectivity index (χ1v) is 8.89. The van der Waals surface area contributed by atoms with Gasteiger partial charge in [-0.15, -0.1) is 0 Å². The van der Waals surface area contributed by atoms with E-state index in [1.807, 2.05) is 12.4 Å². The van der Waals surface area contributed by atoms with Crippen molar-refractivity contribution in [1.82, 2.24) is 20.2 Å². The highest BCUT2D eigenvalue weighted by atomic mass is 15.3. The monoisotopic (exact) mass is 301 g/mol. The lowest BCUT2D eigenvalue weighted by Gasteiger charge is -2.16. The summed E-state index contributed by atoms with van der Waals surface area (Å²) in [5.41, 5.74) is 1.19. The fourth-order valence-electron chi connectivity index (χ4n) is 3.74. The van der Waals surface area contributed by atoms with Crippen LogP contribution in [0.5, 0.6) is 0 Å². The third-order valence-corrected chi connectivity index (χ3v) is 5.22. The Morgan fingerprint density at radius 1 is 1.05 bits per heavy atom. The van der Waals surface area contributed by atoms with E-state index < -0.39 is 0 Å². The molecule has 5 heteroatoms. The number of aromatic nitrogens is 2. The fourth-order valence-corrected chi connectivity index (χ4v) is 3.74. The number of hydrogen-bond acceptors (Lipinski definition) is 5. The minimum absolute atomic E-state index is 0.824. The number of anilines is 1. The van der Waals surface area contributed by atoms with Crippen LogP contribution in [0.3, 0.4) is 0 Å². The molecule has 3 aliphatic rings. The minimum Gasteiger partial charge on any atom is -0.341 e. The Labute approximate surface area is 133 Å². The summed E-state index contributed by atoms with van der Waals surface area (Å²) < 4.78 is 0. The number of likely N-dealkylation sites (tertiary alicyclic amines) is 1. The standard InChI is InChI=1S/C17H27N5/c1-2-7-21(6-1)17-19-11-15(12-20-17)10-18-9-14-5-8-22(13-14)16-3-4-16/h11-12,14,16,18H,1-10,13H2. The molecule has 1 atom stereocenters. The van der Waals surface area contributed by atoms with Gasteiger partial charge in [0, 0.05) is 50.2 Å². The van der Waals surface area contributed by atoms with Gasteiger partial charge < -0.3 is 15.1 Å². The zero-order valence-electron chi connectivity index (χ0n) is 13.4. The molecule has 2 saturated heterocycles. The quantitative estimate of drug-likeness (QED) is 0.865. The molecule has 0 bridgehead atoms. The van der Waals surface area contributed by atoms with Crippen molar-refractivity contribution in [3.63, 3.8) is 0 Å². The van der Waals surface area contributed by atoms with Crippen molar-refractivity contribution in [2.45, 2.75) is 44.7 Å². The zero-order valence-corrected chi connectivity index (χ0v) is 13.4. The molecule has 5 nitrogen and oxygen atoms in total. The molecule has 0 aromatic carbocycles. The number of rotatable bonds is 6. The van der Waals surface area contributed by atoms with Gasteiger partial charge in [0.15, 0.2) is 0 Å². The van der Waals surface area contributed by atoms with Crippen LogP contribution < -0.4 is 10.2 Å². The van der Waals surface area contributed by atoms with Crippen LogP contribution in [0.15, 0.2) is 12.4 Å². The van der Waals surface area contributed by atoms with Gasteiger partial charge in [-0.2, -0.15) is 0 Å². The van der Waals surface area contributed by atoms with Crippen molar-refractivity contribution in [1.29, 1.82) is 0 Å². The average molecular weight is 301 g/mol. The third-order valence-electron chi connectivity index (χ3n) is 5.22. The molecule has 0 amide bonds. The lowest BCUT2D eigenvalue weighted by atomic mass is 10.1. The topological polar surface area (TPSA) is 44.3 Å². The molecule has 1 saturated carbocycles. The third kappa shape index (κ3) is 3.41. The lowest BCUT2D eigenvalue weighted by Crippen LogP contribution is -2.27. The Hall–Kier alpha value is -1.20. The fraction of sp³-hybridized carbons (Fsp3) is 0.765. The molecule has 0 radical (unpaired) electrons. The molecule has 120 valence electrons. The molecule has 1 aromatic rings. The second-order valence-corrected chi connectivity index (χ2v) is 7.10. The summed E-state index contributed by atoms with van der Waals surface area (Å²) in [5, 5.41) is 3.59. The molecule has 2 aliphatic heterocycles. The van der Waals surface area contributed by atoms with Crippen molar-refractivity contribution < 1.29 is 0 Å². The summed E-state index contributed by atoms with van der Waals surface area (Å²) in [6.07, 6.45) is 10.7. The van der Waals surface area contributed by atoms with Gasteiger partial charge in [0.1, 0.15) is 0 Å². The first-order chi connectivity index (χ1) is 10.9. The van der Waals surface area contributed by atoms with E-state index in [1.54, 1.807) is 0 Å². The van der Waals surface area contributed by atoms with Crippen LogP contribution in [-0.4, -0.2) is 53.6 Å². The van der Waals surface area contributed by atoms with E-state index in [0.717, 1.165) is 44.1 Å². The van der Waals surface area contributed by atoms with E-state index in [9.17, 15) is 0 Å². The predicted molar refractivity (Wildman–Crippen MR) is 87.9 cm³/mol. The Balaban J connectivity index is 1.20. The molecule has 4 rings (SSSR count). The lowest BCUT2D eigenvalue weighted by molar-refractivity contribution is 0.312. The average Bonchev–Trinajstić information content (AvgIpc) is 3.06. The Kier molecular flexibility index (Phi) is 4.26. The van der Waals surface area contributed by atoms with Crippen molar-refractivity contribution in [3.8, 4) is 0 Å². The maximum Gasteiger partial charge on any atom is 0.225 e. The summed E-state index contributed by atoms with van der Waals surface area (Å²) >= 11 is 0. The Bertz CT molecular complexity index is 478. The molecule has 0 spiro atoms. The van der Waals surface area contributed by atoms with Crippen molar-refractivity contribution >= 4 is 5.95 Å². The molecule has 3 heterocycles. The van der Waals surface area contributed by atoms with E-state index >= 15 is 0 Å². The second-order valence-electron chi connectivity index (χ2n) is 7.10. The normalized spacial score (nSPS) is 26.0. The minimum atomic E-state index is 0.824. The van der Waals surface area contributed by atoms with Gasteiger partial charge in [-0.25, -0.2) is 9.97 Å². The molecular weight excluding hydrogens is 274 g/mol. The summed E-state index contributed by atoms with van der Waals surface area (Å²) in [5.74, 6) is 1.72. The van der Waals surface area contributed by atoms with Crippen molar-refractivity contribution in [2.75, 3.05) is 37.6 Å². The highest BCUT2D eigenvalue weighted by molar-refractivity contribution is 5.30. The maximum atomic E-state index is 4.52. The van der Waals surface area contributed by atoms with Crippen LogP contribution >= 0.6 is 0 Å². The molecule has 1 N–H and O–H groups in total. The summed E-state index contributed by atoms with van der Waals surface area (Å²) in [4.78, 5) is 14.0. The summed E-state index contributed by atoms with van der Waals surface area (Å²) in [7, 11) is 0. The van der Waals surface area contributed by atoms with Crippen LogP contribution in [0.1, 0.15) is 37.7 Å².